The summed E-state index contributed by atoms with van der Waals surface area (Å²) >= 11 is 0. The second-order valence-corrected chi connectivity index (χ2v) is 9.24. The summed E-state index contributed by atoms with van der Waals surface area (Å²) in [6.45, 7) is 9.83. The number of amides is 1. The lowest BCUT2D eigenvalue weighted by molar-refractivity contribution is 0.0679. The Morgan fingerprint density at radius 3 is 2.72 bits per heavy atom. The molecule has 2 aromatic rings. The first-order valence-corrected chi connectivity index (χ1v) is 11.7. The van der Waals surface area contributed by atoms with Gasteiger partial charge in [0, 0.05) is 24.4 Å². The third kappa shape index (κ3) is 5.59. The largest absolute Gasteiger partial charge is 0.491 e. The molecule has 0 saturated carbocycles. The molecule has 1 aliphatic carbocycles. The van der Waals surface area contributed by atoms with Crippen LogP contribution in [-0.2, 0) is 11.2 Å². The standard InChI is InChI=1S/C27H34N2O3/c1-18(2)15-28-16-20-13-22-8-11-26(19(3)25(22)14-20)29-27(30)21-6-9-23(10-7-21)32-17-24-5-4-12-31-24/h6-11,14,18,24,28H,4-5,12-13,15-17H2,1-3H3,(H,29,30)/t24-/m0/s1. The summed E-state index contributed by atoms with van der Waals surface area (Å²) in [7, 11) is 0. The van der Waals surface area contributed by atoms with E-state index in [2.05, 4.69) is 43.5 Å². The van der Waals surface area contributed by atoms with Crippen LogP contribution in [0.2, 0.25) is 0 Å². The monoisotopic (exact) mass is 434 g/mol. The minimum Gasteiger partial charge on any atom is -0.491 e. The fraction of sp³-hybridized carbons (Fsp3) is 0.444. The van der Waals surface area contributed by atoms with Gasteiger partial charge in [0.15, 0.2) is 0 Å². The Labute approximate surface area is 191 Å². The van der Waals surface area contributed by atoms with Crippen molar-refractivity contribution in [2.75, 3.05) is 31.6 Å². The highest BCUT2D eigenvalue weighted by Gasteiger charge is 2.18. The van der Waals surface area contributed by atoms with Crippen LogP contribution >= 0.6 is 0 Å². The Kier molecular flexibility index (Phi) is 7.28. The fourth-order valence-corrected chi connectivity index (χ4v) is 4.27. The van der Waals surface area contributed by atoms with E-state index in [1.165, 1.54) is 16.7 Å². The molecule has 170 valence electrons. The second kappa shape index (κ2) is 10.3. The minimum atomic E-state index is -0.112. The molecule has 2 aliphatic rings. The number of ether oxygens (including phenoxy) is 2. The molecule has 32 heavy (non-hydrogen) atoms. The maximum absolute atomic E-state index is 12.8. The Bertz CT molecular complexity index is 973. The maximum Gasteiger partial charge on any atom is 0.255 e. The molecule has 0 spiro atoms. The SMILES string of the molecule is Cc1c(NC(=O)c2ccc(OC[C@@H]3CCCO3)cc2)ccc2c1C=C(CNCC(C)C)C2. The van der Waals surface area contributed by atoms with E-state index in [1.807, 2.05) is 18.2 Å². The number of carbonyl (C=O) groups is 1. The molecule has 1 heterocycles. The van der Waals surface area contributed by atoms with E-state index in [0.29, 0.717) is 18.1 Å². The number of hydrogen-bond donors (Lipinski definition) is 2. The highest BCUT2D eigenvalue weighted by Crippen LogP contribution is 2.32. The van der Waals surface area contributed by atoms with Crippen molar-refractivity contribution in [2.45, 2.75) is 46.1 Å². The van der Waals surface area contributed by atoms with Crippen LogP contribution in [-0.4, -0.2) is 38.3 Å². The summed E-state index contributed by atoms with van der Waals surface area (Å²) in [5.74, 6) is 1.29. The summed E-state index contributed by atoms with van der Waals surface area (Å²) in [6.07, 6.45) is 5.57. The van der Waals surface area contributed by atoms with Crippen molar-refractivity contribution in [3.63, 3.8) is 0 Å². The molecule has 0 aromatic heterocycles. The first-order valence-electron chi connectivity index (χ1n) is 11.7. The predicted octanol–water partition coefficient (Wildman–Crippen LogP) is 4.99. The smallest absolute Gasteiger partial charge is 0.255 e. The summed E-state index contributed by atoms with van der Waals surface area (Å²) in [4.78, 5) is 12.8. The van der Waals surface area contributed by atoms with Gasteiger partial charge in [0.05, 0.1) is 6.10 Å². The van der Waals surface area contributed by atoms with Gasteiger partial charge in [0.25, 0.3) is 5.91 Å². The van der Waals surface area contributed by atoms with Crippen LogP contribution in [0.3, 0.4) is 0 Å². The Morgan fingerprint density at radius 2 is 2.00 bits per heavy atom. The van der Waals surface area contributed by atoms with Gasteiger partial charge >= 0.3 is 0 Å². The van der Waals surface area contributed by atoms with Crippen molar-refractivity contribution in [1.82, 2.24) is 5.32 Å². The number of rotatable bonds is 9. The zero-order chi connectivity index (χ0) is 22.5. The van der Waals surface area contributed by atoms with Crippen LogP contribution in [0.4, 0.5) is 5.69 Å². The summed E-state index contributed by atoms with van der Waals surface area (Å²) < 4.78 is 11.4. The van der Waals surface area contributed by atoms with Crippen molar-refractivity contribution in [3.8, 4) is 5.75 Å². The highest BCUT2D eigenvalue weighted by atomic mass is 16.5. The molecular formula is C27H34N2O3. The zero-order valence-electron chi connectivity index (χ0n) is 19.4. The average molecular weight is 435 g/mol. The molecule has 1 atom stereocenters. The van der Waals surface area contributed by atoms with Crippen molar-refractivity contribution < 1.29 is 14.3 Å². The molecule has 1 aliphatic heterocycles. The van der Waals surface area contributed by atoms with Crippen LogP contribution in [0.1, 0.15) is 53.7 Å². The lowest BCUT2D eigenvalue weighted by Crippen LogP contribution is -2.22. The van der Waals surface area contributed by atoms with Crippen molar-refractivity contribution >= 4 is 17.7 Å². The Hall–Kier alpha value is -2.63. The van der Waals surface area contributed by atoms with Crippen molar-refractivity contribution in [1.29, 1.82) is 0 Å². The van der Waals surface area contributed by atoms with Crippen LogP contribution in [0, 0.1) is 12.8 Å². The maximum atomic E-state index is 12.8. The second-order valence-electron chi connectivity index (χ2n) is 9.24. The molecule has 0 radical (unpaired) electrons. The molecule has 0 unspecified atom stereocenters. The fourth-order valence-electron chi connectivity index (χ4n) is 4.27. The quantitative estimate of drug-likeness (QED) is 0.584. The van der Waals surface area contributed by atoms with E-state index in [0.717, 1.165) is 56.0 Å². The van der Waals surface area contributed by atoms with Crippen LogP contribution in [0.5, 0.6) is 5.75 Å². The van der Waals surface area contributed by atoms with Gasteiger partial charge < -0.3 is 20.1 Å². The van der Waals surface area contributed by atoms with Gasteiger partial charge in [-0.05, 0) is 85.7 Å². The minimum absolute atomic E-state index is 0.112. The number of carbonyl (C=O) groups excluding carboxylic acids is 1. The molecule has 1 fully saturated rings. The van der Waals surface area contributed by atoms with Crippen LogP contribution in [0.15, 0.2) is 42.0 Å². The van der Waals surface area contributed by atoms with E-state index in [9.17, 15) is 4.79 Å². The highest BCUT2D eigenvalue weighted by molar-refractivity contribution is 6.05. The van der Waals surface area contributed by atoms with Crippen molar-refractivity contribution in [2.24, 2.45) is 5.92 Å². The van der Waals surface area contributed by atoms with E-state index in [1.54, 1.807) is 12.1 Å². The lowest BCUT2D eigenvalue weighted by atomic mass is 10.0. The molecule has 2 aromatic carbocycles. The van der Waals surface area contributed by atoms with Crippen molar-refractivity contribution in [3.05, 3.63) is 64.2 Å². The molecular weight excluding hydrogens is 400 g/mol. The van der Waals surface area contributed by atoms with Crippen LogP contribution < -0.4 is 15.4 Å². The average Bonchev–Trinajstić information content (AvgIpc) is 3.44. The van der Waals surface area contributed by atoms with Gasteiger partial charge in [-0.1, -0.05) is 31.6 Å². The third-order valence-electron chi connectivity index (χ3n) is 6.10. The molecule has 1 saturated heterocycles. The Balaban J connectivity index is 1.36. The van der Waals surface area contributed by atoms with E-state index in [4.69, 9.17) is 9.47 Å². The number of benzene rings is 2. The molecule has 5 nitrogen and oxygen atoms in total. The zero-order valence-corrected chi connectivity index (χ0v) is 19.4. The van der Waals surface area contributed by atoms with Crippen LogP contribution in [0.25, 0.3) is 6.08 Å². The topological polar surface area (TPSA) is 59.6 Å². The number of hydrogen-bond acceptors (Lipinski definition) is 4. The molecule has 4 rings (SSSR count). The van der Waals surface area contributed by atoms with Gasteiger partial charge in [-0.3, -0.25) is 4.79 Å². The predicted molar refractivity (Wildman–Crippen MR) is 129 cm³/mol. The third-order valence-corrected chi connectivity index (χ3v) is 6.10. The van der Waals surface area contributed by atoms with Gasteiger partial charge in [0.2, 0.25) is 0 Å². The number of anilines is 1. The first kappa shape index (κ1) is 22.6. The molecule has 1 amide bonds. The van der Waals surface area contributed by atoms with E-state index in [-0.39, 0.29) is 12.0 Å². The van der Waals surface area contributed by atoms with E-state index >= 15 is 0 Å². The first-order chi connectivity index (χ1) is 15.5. The summed E-state index contributed by atoms with van der Waals surface area (Å²) in [5, 5.41) is 6.60. The van der Waals surface area contributed by atoms with Gasteiger partial charge in [0.1, 0.15) is 12.4 Å². The van der Waals surface area contributed by atoms with Gasteiger partial charge in [-0.2, -0.15) is 0 Å². The van der Waals surface area contributed by atoms with Gasteiger partial charge in [-0.15, -0.1) is 0 Å². The summed E-state index contributed by atoms with van der Waals surface area (Å²) in [5.41, 5.74) is 6.55. The normalized spacial score (nSPS) is 17.4. The van der Waals surface area contributed by atoms with Gasteiger partial charge in [-0.25, -0.2) is 0 Å². The lowest BCUT2D eigenvalue weighted by Gasteiger charge is -2.13. The molecule has 2 N–H and O–H groups in total. The molecule has 0 bridgehead atoms. The summed E-state index contributed by atoms with van der Waals surface area (Å²) in [6, 6.07) is 11.5. The number of nitrogens with one attached hydrogen (secondary N) is 2. The van der Waals surface area contributed by atoms with E-state index < -0.39 is 0 Å². The number of fused-ring (bicyclic) bond motifs is 1. The Morgan fingerprint density at radius 1 is 1.19 bits per heavy atom. The molecule has 5 heteroatoms.